The fourth-order valence-corrected chi connectivity index (χ4v) is 1.96. The average Bonchev–Trinajstić information content (AvgIpc) is 2.73. The maximum Gasteiger partial charge on any atom is 0.185 e. The summed E-state index contributed by atoms with van der Waals surface area (Å²) < 4.78 is 0. The van der Waals surface area contributed by atoms with Crippen molar-refractivity contribution in [2.75, 3.05) is 0 Å². The smallest absolute Gasteiger partial charge is 0.185 e. The third kappa shape index (κ3) is 2.24. The third-order valence-corrected chi connectivity index (χ3v) is 2.90. The third-order valence-electron chi connectivity index (χ3n) is 2.57. The van der Waals surface area contributed by atoms with Crippen LogP contribution < -0.4 is 0 Å². The van der Waals surface area contributed by atoms with Crippen LogP contribution in [0.5, 0.6) is 0 Å². The minimum atomic E-state index is 0.252. The first-order chi connectivity index (χ1) is 8.13. The van der Waals surface area contributed by atoms with Gasteiger partial charge in [0.25, 0.3) is 0 Å². The zero-order chi connectivity index (χ0) is 12.4. The number of aromatic nitrogens is 2. The summed E-state index contributed by atoms with van der Waals surface area (Å²) in [4.78, 5) is 18.1. The Morgan fingerprint density at radius 1 is 1.35 bits per heavy atom. The van der Waals surface area contributed by atoms with Crippen LogP contribution in [0.15, 0.2) is 24.3 Å². The number of carbonyl (C=O) groups is 1. The molecule has 0 saturated heterocycles. The van der Waals surface area contributed by atoms with Crippen molar-refractivity contribution < 1.29 is 4.79 Å². The van der Waals surface area contributed by atoms with Crippen molar-refractivity contribution in [1.29, 1.82) is 0 Å². The molecule has 1 heterocycles. The molecule has 88 valence electrons. The summed E-state index contributed by atoms with van der Waals surface area (Å²) in [6.45, 7) is 4.09. The fourth-order valence-electron chi connectivity index (χ4n) is 1.74. The SMILES string of the molecule is CC(C)c1[nH]c(C=O)nc1-c1ccccc1Cl. The molecule has 0 fully saturated rings. The summed E-state index contributed by atoms with van der Waals surface area (Å²) in [5.41, 5.74) is 2.54. The first-order valence-electron chi connectivity index (χ1n) is 5.43. The molecule has 2 rings (SSSR count). The number of nitrogens with zero attached hydrogens (tertiary/aromatic N) is 1. The highest BCUT2D eigenvalue weighted by atomic mass is 35.5. The monoisotopic (exact) mass is 248 g/mol. The summed E-state index contributed by atoms with van der Waals surface area (Å²) in [6, 6.07) is 7.49. The lowest BCUT2D eigenvalue weighted by Gasteiger charge is -2.06. The van der Waals surface area contributed by atoms with Gasteiger partial charge in [-0.15, -0.1) is 0 Å². The van der Waals surface area contributed by atoms with Gasteiger partial charge in [0.15, 0.2) is 12.1 Å². The number of H-pyrrole nitrogens is 1. The van der Waals surface area contributed by atoms with Gasteiger partial charge in [-0.05, 0) is 12.0 Å². The number of halogens is 1. The molecule has 0 unspecified atom stereocenters. The van der Waals surface area contributed by atoms with Gasteiger partial charge in [-0.25, -0.2) is 4.98 Å². The molecule has 1 aromatic heterocycles. The summed E-state index contributed by atoms with van der Waals surface area (Å²) in [6.07, 6.45) is 0.715. The lowest BCUT2D eigenvalue weighted by atomic mass is 10.0. The van der Waals surface area contributed by atoms with Crippen molar-refractivity contribution in [1.82, 2.24) is 9.97 Å². The summed E-state index contributed by atoms with van der Waals surface area (Å²) >= 11 is 6.15. The van der Waals surface area contributed by atoms with E-state index < -0.39 is 0 Å². The maximum atomic E-state index is 10.8. The molecule has 0 amide bonds. The van der Waals surface area contributed by atoms with Crippen LogP contribution in [0.25, 0.3) is 11.3 Å². The highest BCUT2D eigenvalue weighted by molar-refractivity contribution is 6.33. The van der Waals surface area contributed by atoms with E-state index in [2.05, 4.69) is 9.97 Å². The van der Waals surface area contributed by atoms with Crippen LogP contribution in [0.2, 0.25) is 5.02 Å². The van der Waals surface area contributed by atoms with E-state index in [1.165, 1.54) is 0 Å². The van der Waals surface area contributed by atoms with E-state index in [-0.39, 0.29) is 5.92 Å². The average molecular weight is 249 g/mol. The largest absolute Gasteiger partial charge is 0.339 e. The molecule has 4 heteroatoms. The minimum Gasteiger partial charge on any atom is -0.339 e. The molecule has 0 spiro atoms. The zero-order valence-electron chi connectivity index (χ0n) is 9.70. The van der Waals surface area contributed by atoms with Crippen LogP contribution in [0.3, 0.4) is 0 Å². The Labute approximate surface area is 105 Å². The van der Waals surface area contributed by atoms with Crippen LogP contribution in [0, 0.1) is 0 Å². The van der Waals surface area contributed by atoms with E-state index >= 15 is 0 Å². The number of hydrogen-bond donors (Lipinski definition) is 1. The maximum absolute atomic E-state index is 10.8. The fraction of sp³-hybridized carbons (Fsp3) is 0.231. The van der Waals surface area contributed by atoms with Crippen LogP contribution in [-0.4, -0.2) is 16.3 Å². The molecule has 0 bridgehead atoms. The first kappa shape index (κ1) is 11.9. The zero-order valence-corrected chi connectivity index (χ0v) is 10.5. The van der Waals surface area contributed by atoms with Gasteiger partial charge in [0.2, 0.25) is 0 Å². The number of aldehydes is 1. The molecule has 17 heavy (non-hydrogen) atoms. The van der Waals surface area contributed by atoms with Gasteiger partial charge in [-0.1, -0.05) is 43.6 Å². The molecular weight excluding hydrogens is 236 g/mol. The van der Waals surface area contributed by atoms with Crippen LogP contribution in [0.4, 0.5) is 0 Å². The van der Waals surface area contributed by atoms with Crippen LogP contribution in [0.1, 0.15) is 36.1 Å². The van der Waals surface area contributed by atoms with E-state index in [9.17, 15) is 4.79 Å². The normalized spacial score (nSPS) is 10.8. The molecule has 0 aliphatic carbocycles. The molecule has 0 aliphatic heterocycles. The number of aromatic amines is 1. The molecule has 3 nitrogen and oxygen atoms in total. The van der Waals surface area contributed by atoms with Gasteiger partial charge < -0.3 is 4.98 Å². The van der Waals surface area contributed by atoms with Gasteiger partial charge in [0.1, 0.15) is 0 Å². The molecule has 0 saturated carbocycles. The van der Waals surface area contributed by atoms with Crippen LogP contribution in [-0.2, 0) is 0 Å². The van der Waals surface area contributed by atoms with E-state index in [1.54, 1.807) is 0 Å². The van der Waals surface area contributed by atoms with Gasteiger partial charge in [0.05, 0.1) is 10.7 Å². The van der Waals surface area contributed by atoms with Crippen molar-refractivity contribution >= 4 is 17.9 Å². The first-order valence-corrected chi connectivity index (χ1v) is 5.81. The highest BCUT2D eigenvalue weighted by Gasteiger charge is 2.16. The van der Waals surface area contributed by atoms with Crippen molar-refractivity contribution in [2.45, 2.75) is 19.8 Å². The second-order valence-corrected chi connectivity index (χ2v) is 4.54. The number of rotatable bonds is 3. The highest BCUT2D eigenvalue weighted by Crippen LogP contribution is 2.31. The van der Waals surface area contributed by atoms with Gasteiger partial charge in [-0.2, -0.15) is 0 Å². The van der Waals surface area contributed by atoms with Crippen molar-refractivity contribution in [2.24, 2.45) is 0 Å². The van der Waals surface area contributed by atoms with Crippen molar-refractivity contribution in [3.05, 3.63) is 40.8 Å². The topological polar surface area (TPSA) is 45.8 Å². The number of carbonyl (C=O) groups excluding carboxylic acids is 1. The molecule has 0 radical (unpaired) electrons. The van der Waals surface area contributed by atoms with Crippen LogP contribution >= 0.6 is 11.6 Å². The number of nitrogens with one attached hydrogen (secondary N) is 1. The number of benzene rings is 1. The predicted octanol–water partition coefficient (Wildman–Crippen LogP) is 3.67. The second-order valence-electron chi connectivity index (χ2n) is 4.14. The minimum absolute atomic E-state index is 0.252. The lowest BCUT2D eigenvalue weighted by Crippen LogP contribution is -1.92. The van der Waals surface area contributed by atoms with Gasteiger partial charge >= 0.3 is 0 Å². The van der Waals surface area contributed by atoms with Gasteiger partial charge in [-0.3, -0.25) is 4.79 Å². The Morgan fingerprint density at radius 2 is 2.06 bits per heavy atom. The van der Waals surface area contributed by atoms with E-state index in [4.69, 9.17) is 11.6 Å². The Balaban J connectivity index is 2.62. The molecule has 2 aromatic rings. The quantitative estimate of drug-likeness (QED) is 0.843. The standard InChI is InChI=1S/C13H13ClN2O/c1-8(2)12-13(16-11(7-17)15-12)9-5-3-4-6-10(9)14/h3-8H,1-2H3,(H,15,16). The Bertz CT molecular complexity index is 546. The molecule has 1 N–H and O–H groups in total. The Morgan fingerprint density at radius 3 is 2.65 bits per heavy atom. The van der Waals surface area contributed by atoms with E-state index in [0.717, 1.165) is 17.0 Å². The van der Waals surface area contributed by atoms with E-state index in [0.29, 0.717) is 17.1 Å². The van der Waals surface area contributed by atoms with Gasteiger partial charge in [0, 0.05) is 11.3 Å². The molecule has 0 atom stereocenters. The molecule has 1 aromatic carbocycles. The lowest BCUT2D eigenvalue weighted by molar-refractivity contribution is 0.111. The van der Waals surface area contributed by atoms with Crippen molar-refractivity contribution in [3.63, 3.8) is 0 Å². The predicted molar refractivity (Wildman–Crippen MR) is 68.5 cm³/mol. The number of hydrogen-bond acceptors (Lipinski definition) is 2. The second kappa shape index (κ2) is 4.72. The summed E-state index contributed by atoms with van der Waals surface area (Å²) in [5, 5.41) is 0.637. The van der Waals surface area contributed by atoms with E-state index in [1.807, 2.05) is 38.1 Å². The summed E-state index contributed by atoms with van der Waals surface area (Å²) in [5.74, 6) is 0.589. The summed E-state index contributed by atoms with van der Waals surface area (Å²) in [7, 11) is 0. The Kier molecular flexibility index (Phi) is 3.29. The van der Waals surface area contributed by atoms with Crippen molar-refractivity contribution in [3.8, 4) is 11.3 Å². The Hall–Kier alpha value is -1.61. The molecular formula is C13H13ClN2O. The number of imidazole rings is 1. The molecule has 0 aliphatic rings.